The second kappa shape index (κ2) is 7.77. The third-order valence-corrected chi connectivity index (χ3v) is 3.29. The molecule has 0 spiro atoms. The van der Waals surface area contributed by atoms with Gasteiger partial charge in [0, 0.05) is 30.9 Å². The highest BCUT2D eigenvalue weighted by Crippen LogP contribution is 2.24. The minimum atomic E-state index is -1.02. The second-order valence-electron chi connectivity index (χ2n) is 4.94. The molecular formula is C15H15F2N3O4. The number of carbonyl (C=O) groups excluding carboxylic acids is 1. The van der Waals surface area contributed by atoms with Gasteiger partial charge in [0.2, 0.25) is 0 Å². The Morgan fingerprint density at radius 2 is 1.83 bits per heavy atom. The van der Waals surface area contributed by atoms with Gasteiger partial charge in [0.05, 0.1) is 6.61 Å². The predicted molar refractivity (Wildman–Crippen MR) is 78.0 cm³/mol. The number of hydrogen-bond acceptors (Lipinski definition) is 6. The normalized spacial score (nSPS) is 10.7. The summed E-state index contributed by atoms with van der Waals surface area (Å²) in [5.41, 5.74) is 1.73. The van der Waals surface area contributed by atoms with E-state index in [9.17, 15) is 23.8 Å². The van der Waals surface area contributed by atoms with Crippen LogP contribution < -0.4 is 10.8 Å². The fourth-order valence-electron chi connectivity index (χ4n) is 2.18. The minimum Gasteiger partial charge on any atom is -0.505 e. The molecule has 1 heterocycles. The van der Waals surface area contributed by atoms with Crippen LogP contribution in [0.4, 0.5) is 8.78 Å². The van der Waals surface area contributed by atoms with Gasteiger partial charge in [-0.15, -0.1) is 0 Å². The van der Waals surface area contributed by atoms with E-state index in [1.54, 1.807) is 0 Å². The van der Waals surface area contributed by atoms with Crippen molar-refractivity contribution in [2.75, 3.05) is 0 Å². The van der Waals surface area contributed by atoms with Crippen molar-refractivity contribution in [3.05, 3.63) is 58.4 Å². The lowest BCUT2D eigenvalue weighted by Gasteiger charge is -2.12. The molecule has 0 bridgehead atoms. The van der Waals surface area contributed by atoms with Crippen molar-refractivity contribution in [2.45, 2.75) is 19.7 Å². The van der Waals surface area contributed by atoms with Crippen LogP contribution in [0.5, 0.6) is 5.75 Å². The molecule has 0 radical (unpaired) electrons. The SMILES string of the molecule is O=C(NO)c1ncc(CNCc2cc(F)cc(F)c2)c(CO)c1O. The van der Waals surface area contributed by atoms with Gasteiger partial charge in [-0.25, -0.2) is 19.2 Å². The Kier molecular flexibility index (Phi) is 5.74. The van der Waals surface area contributed by atoms with Crippen molar-refractivity contribution in [1.82, 2.24) is 15.8 Å². The van der Waals surface area contributed by atoms with E-state index >= 15 is 0 Å². The molecule has 2 aromatic rings. The maximum Gasteiger partial charge on any atom is 0.297 e. The highest BCUT2D eigenvalue weighted by atomic mass is 19.1. The summed E-state index contributed by atoms with van der Waals surface area (Å²) in [4.78, 5) is 15.0. The highest BCUT2D eigenvalue weighted by molar-refractivity contribution is 5.94. The van der Waals surface area contributed by atoms with Crippen LogP contribution in [0.25, 0.3) is 0 Å². The van der Waals surface area contributed by atoms with Gasteiger partial charge < -0.3 is 15.5 Å². The van der Waals surface area contributed by atoms with Gasteiger partial charge in [-0.2, -0.15) is 0 Å². The average molecular weight is 339 g/mol. The highest BCUT2D eigenvalue weighted by Gasteiger charge is 2.18. The molecule has 1 aromatic heterocycles. The topological polar surface area (TPSA) is 115 Å². The fourth-order valence-corrected chi connectivity index (χ4v) is 2.18. The van der Waals surface area contributed by atoms with Gasteiger partial charge in [0.1, 0.15) is 11.6 Å². The molecular weight excluding hydrogens is 324 g/mol. The smallest absolute Gasteiger partial charge is 0.297 e. The zero-order chi connectivity index (χ0) is 17.7. The third kappa shape index (κ3) is 4.02. The number of halogens is 2. The standard InChI is InChI=1S/C15H15F2N3O4/c16-10-1-8(2-11(17)3-10)4-18-5-9-6-19-13(15(23)20-24)14(22)12(9)7-21/h1-3,6,18,21-22,24H,4-5,7H2,(H,20,23). The first-order valence-corrected chi connectivity index (χ1v) is 6.87. The van der Waals surface area contributed by atoms with Crippen LogP contribution in [0.1, 0.15) is 27.2 Å². The van der Waals surface area contributed by atoms with E-state index in [1.165, 1.54) is 23.8 Å². The maximum atomic E-state index is 13.1. The van der Waals surface area contributed by atoms with Gasteiger partial charge in [0.25, 0.3) is 5.91 Å². The van der Waals surface area contributed by atoms with Crippen molar-refractivity contribution in [3.63, 3.8) is 0 Å². The van der Waals surface area contributed by atoms with Crippen LogP contribution in [-0.4, -0.2) is 26.3 Å². The molecule has 0 saturated carbocycles. The number of hydroxylamine groups is 1. The van der Waals surface area contributed by atoms with Crippen molar-refractivity contribution >= 4 is 5.91 Å². The first-order valence-electron chi connectivity index (χ1n) is 6.87. The molecule has 7 nitrogen and oxygen atoms in total. The number of nitrogens with zero attached hydrogens (tertiary/aromatic N) is 1. The maximum absolute atomic E-state index is 13.1. The molecule has 128 valence electrons. The Balaban J connectivity index is 2.12. The van der Waals surface area contributed by atoms with E-state index in [4.69, 9.17) is 5.21 Å². The summed E-state index contributed by atoms with van der Waals surface area (Å²) in [5.74, 6) is -2.96. The lowest BCUT2D eigenvalue weighted by molar-refractivity contribution is 0.0697. The molecule has 5 N–H and O–H groups in total. The molecule has 24 heavy (non-hydrogen) atoms. The number of pyridine rings is 1. The molecule has 0 fully saturated rings. The van der Waals surface area contributed by atoms with Crippen LogP contribution in [0.2, 0.25) is 0 Å². The van der Waals surface area contributed by atoms with Crippen LogP contribution >= 0.6 is 0 Å². The van der Waals surface area contributed by atoms with E-state index in [-0.39, 0.29) is 18.7 Å². The lowest BCUT2D eigenvalue weighted by atomic mass is 10.1. The first-order chi connectivity index (χ1) is 11.5. The van der Waals surface area contributed by atoms with E-state index in [1.807, 2.05) is 0 Å². The van der Waals surface area contributed by atoms with Crippen LogP contribution in [0.15, 0.2) is 24.4 Å². The number of carbonyl (C=O) groups is 1. The average Bonchev–Trinajstić information content (AvgIpc) is 2.53. The van der Waals surface area contributed by atoms with Crippen molar-refractivity contribution in [1.29, 1.82) is 0 Å². The number of aliphatic hydroxyl groups excluding tert-OH is 1. The number of rotatable bonds is 6. The number of hydrogen-bond donors (Lipinski definition) is 5. The van der Waals surface area contributed by atoms with E-state index < -0.39 is 35.6 Å². The van der Waals surface area contributed by atoms with Gasteiger partial charge in [-0.05, 0) is 23.3 Å². The van der Waals surface area contributed by atoms with Crippen molar-refractivity contribution in [3.8, 4) is 5.75 Å². The third-order valence-electron chi connectivity index (χ3n) is 3.29. The zero-order valence-corrected chi connectivity index (χ0v) is 12.4. The Bertz CT molecular complexity index is 735. The van der Waals surface area contributed by atoms with Crippen LogP contribution in [0, 0.1) is 11.6 Å². The Morgan fingerprint density at radius 1 is 1.17 bits per heavy atom. The molecule has 0 atom stereocenters. The predicted octanol–water partition coefficient (Wildman–Crippen LogP) is 0.966. The van der Waals surface area contributed by atoms with Crippen LogP contribution in [0.3, 0.4) is 0 Å². The Morgan fingerprint density at radius 3 is 2.42 bits per heavy atom. The molecule has 0 aliphatic heterocycles. The summed E-state index contributed by atoms with van der Waals surface area (Å²) < 4.78 is 26.2. The van der Waals surface area contributed by atoms with Gasteiger partial charge in [-0.1, -0.05) is 0 Å². The molecule has 1 amide bonds. The summed E-state index contributed by atoms with van der Waals surface area (Å²) in [6.07, 6.45) is 1.25. The summed E-state index contributed by atoms with van der Waals surface area (Å²) in [7, 11) is 0. The molecule has 1 aromatic carbocycles. The summed E-state index contributed by atoms with van der Waals surface area (Å²) in [6.45, 7) is -0.305. The summed E-state index contributed by atoms with van der Waals surface area (Å²) >= 11 is 0. The Labute approximate surface area is 135 Å². The van der Waals surface area contributed by atoms with E-state index in [0.717, 1.165) is 6.07 Å². The molecule has 0 saturated heterocycles. The monoisotopic (exact) mass is 339 g/mol. The number of aliphatic hydroxyl groups is 1. The molecule has 9 heteroatoms. The van der Waals surface area contributed by atoms with Crippen molar-refractivity contribution in [2.24, 2.45) is 0 Å². The summed E-state index contributed by atoms with van der Waals surface area (Å²) in [5, 5.41) is 30.8. The molecule has 0 aliphatic carbocycles. The van der Waals surface area contributed by atoms with Gasteiger partial charge in [0.15, 0.2) is 11.4 Å². The zero-order valence-electron chi connectivity index (χ0n) is 12.4. The molecule has 0 aliphatic rings. The minimum absolute atomic E-state index is 0.0570. The van der Waals surface area contributed by atoms with E-state index in [0.29, 0.717) is 11.1 Å². The largest absolute Gasteiger partial charge is 0.505 e. The lowest BCUT2D eigenvalue weighted by Crippen LogP contribution is -2.21. The number of aromatic nitrogens is 1. The number of benzene rings is 1. The van der Waals surface area contributed by atoms with Gasteiger partial charge in [-0.3, -0.25) is 10.0 Å². The first kappa shape index (κ1) is 17.7. The second-order valence-corrected chi connectivity index (χ2v) is 4.94. The van der Waals surface area contributed by atoms with Gasteiger partial charge >= 0.3 is 0 Å². The fraction of sp³-hybridized carbons (Fsp3) is 0.200. The number of nitrogens with one attached hydrogen (secondary N) is 2. The van der Waals surface area contributed by atoms with E-state index in [2.05, 4.69) is 10.3 Å². The summed E-state index contributed by atoms with van der Waals surface area (Å²) in [6, 6.07) is 3.11. The van der Waals surface area contributed by atoms with Crippen molar-refractivity contribution < 1.29 is 29.0 Å². The number of aromatic hydroxyl groups is 1. The molecule has 0 unspecified atom stereocenters. The number of amides is 1. The van der Waals surface area contributed by atoms with Crippen LogP contribution in [-0.2, 0) is 19.7 Å². The Hall–Kier alpha value is -2.62. The molecule has 2 rings (SSSR count). The quantitative estimate of drug-likeness (QED) is 0.396.